The second kappa shape index (κ2) is 3.86. The van der Waals surface area contributed by atoms with Crippen LogP contribution in [-0.4, -0.2) is 24.1 Å². The van der Waals surface area contributed by atoms with E-state index in [0.29, 0.717) is 12.2 Å². The fourth-order valence-electron chi connectivity index (χ4n) is 1.89. The van der Waals surface area contributed by atoms with Crippen molar-refractivity contribution in [2.45, 2.75) is 12.5 Å². The number of anilines is 1. The van der Waals surface area contributed by atoms with Gasteiger partial charge in [-0.3, -0.25) is 10.1 Å². The molecular formula is C10H13N3O2. The maximum absolute atomic E-state index is 10.8. The first kappa shape index (κ1) is 9.92. The number of benzene rings is 1. The highest BCUT2D eigenvalue weighted by atomic mass is 16.6. The van der Waals surface area contributed by atoms with Crippen LogP contribution in [0.5, 0.6) is 0 Å². The van der Waals surface area contributed by atoms with Gasteiger partial charge in [0.05, 0.1) is 4.92 Å². The molecule has 0 saturated carbocycles. The molecule has 1 aliphatic rings. The Morgan fingerprint density at radius 1 is 1.47 bits per heavy atom. The van der Waals surface area contributed by atoms with Crippen LogP contribution in [0.3, 0.4) is 0 Å². The molecule has 1 aromatic rings. The Balaban J connectivity index is 2.31. The molecule has 1 aliphatic heterocycles. The first-order valence-corrected chi connectivity index (χ1v) is 4.92. The third-order valence-corrected chi connectivity index (χ3v) is 2.64. The second-order valence-electron chi connectivity index (χ2n) is 3.74. The Hall–Kier alpha value is -1.62. The summed E-state index contributed by atoms with van der Waals surface area (Å²) < 4.78 is 0. The average Bonchev–Trinajstić information content (AvgIpc) is 2.65. The topological polar surface area (TPSA) is 72.4 Å². The molecule has 0 radical (unpaired) electrons. The lowest BCUT2D eigenvalue weighted by molar-refractivity contribution is -0.384. The summed E-state index contributed by atoms with van der Waals surface area (Å²) in [5, 5.41) is 10.8. The van der Waals surface area contributed by atoms with Gasteiger partial charge in [0.15, 0.2) is 0 Å². The number of nitro groups is 1. The van der Waals surface area contributed by atoms with Gasteiger partial charge in [0.1, 0.15) is 5.69 Å². The van der Waals surface area contributed by atoms with E-state index in [4.69, 9.17) is 5.73 Å². The molecule has 5 heteroatoms. The van der Waals surface area contributed by atoms with Crippen molar-refractivity contribution in [3.63, 3.8) is 0 Å². The molecule has 0 amide bonds. The van der Waals surface area contributed by atoms with Crippen molar-refractivity contribution in [1.82, 2.24) is 0 Å². The predicted octanol–water partition coefficient (Wildman–Crippen LogP) is 1.13. The van der Waals surface area contributed by atoms with Gasteiger partial charge in [-0.25, -0.2) is 0 Å². The Labute approximate surface area is 87.6 Å². The van der Waals surface area contributed by atoms with Gasteiger partial charge >= 0.3 is 0 Å². The van der Waals surface area contributed by atoms with E-state index in [9.17, 15) is 10.1 Å². The van der Waals surface area contributed by atoms with E-state index in [0.717, 1.165) is 13.0 Å². The zero-order valence-electron chi connectivity index (χ0n) is 8.30. The summed E-state index contributed by atoms with van der Waals surface area (Å²) >= 11 is 0. The maximum atomic E-state index is 10.8. The van der Waals surface area contributed by atoms with Gasteiger partial charge in [-0.1, -0.05) is 12.1 Å². The average molecular weight is 207 g/mol. The normalized spacial score (nSPS) is 20.6. The predicted molar refractivity (Wildman–Crippen MR) is 57.9 cm³/mol. The molecule has 15 heavy (non-hydrogen) atoms. The van der Waals surface area contributed by atoms with Crippen LogP contribution in [0.1, 0.15) is 6.42 Å². The molecule has 1 saturated heterocycles. The fourth-order valence-corrected chi connectivity index (χ4v) is 1.89. The van der Waals surface area contributed by atoms with Crippen LogP contribution in [0.2, 0.25) is 0 Å². The van der Waals surface area contributed by atoms with Gasteiger partial charge in [-0.05, 0) is 12.5 Å². The van der Waals surface area contributed by atoms with E-state index in [2.05, 4.69) is 0 Å². The minimum absolute atomic E-state index is 0.129. The molecule has 2 rings (SSSR count). The van der Waals surface area contributed by atoms with Crippen molar-refractivity contribution in [2.75, 3.05) is 18.0 Å². The quantitative estimate of drug-likeness (QED) is 0.583. The van der Waals surface area contributed by atoms with Crippen LogP contribution in [0.25, 0.3) is 0 Å². The van der Waals surface area contributed by atoms with Crippen LogP contribution in [0.4, 0.5) is 11.4 Å². The highest BCUT2D eigenvalue weighted by Gasteiger charge is 2.24. The monoisotopic (exact) mass is 207 g/mol. The minimum atomic E-state index is -0.348. The summed E-state index contributed by atoms with van der Waals surface area (Å²) in [7, 11) is 0. The molecule has 5 nitrogen and oxygen atoms in total. The van der Waals surface area contributed by atoms with Gasteiger partial charge < -0.3 is 10.6 Å². The Morgan fingerprint density at radius 3 is 2.80 bits per heavy atom. The van der Waals surface area contributed by atoms with Gasteiger partial charge in [-0.15, -0.1) is 0 Å². The van der Waals surface area contributed by atoms with Crippen LogP contribution in [0.15, 0.2) is 24.3 Å². The fraction of sp³-hybridized carbons (Fsp3) is 0.400. The standard InChI is InChI=1S/C10H13N3O2/c11-8-5-6-12(7-8)9-3-1-2-4-10(9)13(14)15/h1-4,8H,5-7,11H2/t8-/m1/s1. The zero-order chi connectivity index (χ0) is 10.8. The summed E-state index contributed by atoms with van der Waals surface area (Å²) in [4.78, 5) is 12.4. The van der Waals surface area contributed by atoms with E-state index in [1.807, 2.05) is 11.0 Å². The molecule has 0 bridgehead atoms. The van der Waals surface area contributed by atoms with Gasteiger partial charge in [0, 0.05) is 25.2 Å². The SMILES string of the molecule is N[C@@H]1CCN(c2ccccc2[N+](=O)[O-])C1. The summed E-state index contributed by atoms with van der Waals surface area (Å²) in [5.74, 6) is 0. The van der Waals surface area contributed by atoms with Gasteiger partial charge in [0.2, 0.25) is 0 Å². The largest absolute Gasteiger partial charge is 0.364 e. The molecule has 1 heterocycles. The summed E-state index contributed by atoms with van der Waals surface area (Å²) in [6.07, 6.45) is 0.895. The summed E-state index contributed by atoms with van der Waals surface area (Å²) in [6.45, 7) is 1.50. The van der Waals surface area contributed by atoms with Crippen molar-refractivity contribution in [3.8, 4) is 0 Å². The number of nitrogens with zero attached hydrogens (tertiary/aromatic N) is 2. The van der Waals surface area contributed by atoms with Crippen molar-refractivity contribution in [3.05, 3.63) is 34.4 Å². The minimum Gasteiger partial charge on any atom is -0.364 e. The molecular weight excluding hydrogens is 194 g/mol. The first-order chi connectivity index (χ1) is 7.18. The van der Waals surface area contributed by atoms with E-state index < -0.39 is 0 Å². The smallest absolute Gasteiger partial charge is 0.292 e. The second-order valence-corrected chi connectivity index (χ2v) is 3.74. The molecule has 1 atom stereocenters. The van der Waals surface area contributed by atoms with Crippen LogP contribution >= 0.6 is 0 Å². The van der Waals surface area contributed by atoms with E-state index >= 15 is 0 Å². The molecule has 0 spiro atoms. The number of rotatable bonds is 2. The summed E-state index contributed by atoms with van der Waals surface area (Å²) in [6, 6.07) is 6.92. The zero-order valence-corrected chi connectivity index (χ0v) is 8.30. The first-order valence-electron chi connectivity index (χ1n) is 4.92. The Morgan fingerprint density at radius 2 is 2.20 bits per heavy atom. The van der Waals surface area contributed by atoms with Crippen LogP contribution in [-0.2, 0) is 0 Å². The Bertz CT molecular complexity index is 381. The number of hydrogen-bond acceptors (Lipinski definition) is 4. The van der Waals surface area contributed by atoms with Gasteiger partial charge in [-0.2, -0.15) is 0 Å². The third-order valence-electron chi connectivity index (χ3n) is 2.64. The van der Waals surface area contributed by atoms with Crippen molar-refractivity contribution < 1.29 is 4.92 Å². The number of para-hydroxylation sites is 2. The lowest BCUT2D eigenvalue weighted by Crippen LogP contribution is -2.26. The van der Waals surface area contributed by atoms with E-state index in [-0.39, 0.29) is 16.7 Å². The summed E-state index contributed by atoms with van der Waals surface area (Å²) in [5.41, 5.74) is 6.61. The van der Waals surface area contributed by atoms with Crippen molar-refractivity contribution in [2.24, 2.45) is 5.73 Å². The van der Waals surface area contributed by atoms with E-state index in [1.54, 1.807) is 12.1 Å². The van der Waals surface area contributed by atoms with E-state index in [1.165, 1.54) is 6.07 Å². The number of nitrogens with two attached hydrogens (primary N) is 1. The number of nitro benzene ring substituents is 1. The molecule has 2 N–H and O–H groups in total. The highest BCUT2D eigenvalue weighted by molar-refractivity contribution is 5.63. The van der Waals surface area contributed by atoms with Gasteiger partial charge in [0.25, 0.3) is 5.69 Å². The lowest BCUT2D eigenvalue weighted by atomic mass is 10.2. The molecule has 1 aromatic carbocycles. The number of hydrogen-bond donors (Lipinski definition) is 1. The van der Waals surface area contributed by atoms with Crippen molar-refractivity contribution >= 4 is 11.4 Å². The van der Waals surface area contributed by atoms with Crippen LogP contribution < -0.4 is 10.6 Å². The molecule has 0 unspecified atom stereocenters. The molecule has 80 valence electrons. The van der Waals surface area contributed by atoms with Crippen LogP contribution in [0, 0.1) is 10.1 Å². The maximum Gasteiger partial charge on any atom is 0.292 e. The van der Waals surface area contributed by atoms with Crippen molar-refractivity contribution in [1.29, 1.82) is 0 Å². The third kappa shape index (κ3) is 1.92. The molecule has 0 aliphatic carbocycles. The Kier molecular flexibility index (Phi) is 2.55. The highest BCUT2D eigenvalue weighted by Crippen LogP contribution is 2.29. The molecule has 1 fully saturated rings. The molecule has 0 aromatic heterocycles. The lowest BCUT2D eigenvalue weighted by Gasteiger charge is -2.17.